The van der Waals surface area contributed by atoms with Crippen LogP contribution in [0.3, 0.4) is 0 Å². The molecule has 0 spiro atoms. The zero-order valence-corrected chi connectivity index (χ0v) is 12.5. The molecule has 0 saturated heterocycles. The van der Waals surface area contributed by atoms with Gasteiger partial charge in [-0.15, -0.1) is 0 Å². The van der Waals surface area contributed by atoms with Crippen molar-refractivity contribution < 1.29 is 14.6 Å². The van der Waals surface area contributed by atoms with Gasteiger partial charge >= 0.3 is 0 Å². The van der Waals surface area contributed by atoms with Crippen molar-refractivity contribution >= 4 is 0 Å². The Labute approximate surface area is 121 Å². The highest BCUT2D eigenvalue weighted by atomic mass is 16.5. The summed E-state index contributed by atoms with van der Waals surface area (Å²) in [4.78, 5) is 0. The molecule has 1 aromatic carbocycles. The third-order valence-corrected chi connectivity index (χ3v) is 3.14. The molecule has 0 bridgehead atoms. The highest BCUT2D eigenvalue weighted by Crippen LogP contribution is 2.25. The minimum atomic E-state index is -0.613. The maximum Gasteiger partial charge on any atom is 0.124 e. The minimum Gasteiger partial charge on any atom is -0.490 e. The van der Waals surface area contributed by atoms with Gasteiger partial charge in [0.1, 0.15) is 18.5 Å². The molecule has 0 aliphatic heterocycles. The predicted octanol–water partition coefficient (Wildman–Crippen LogP) is 2.65. The van der Waals surface area contributed by atoms with Crippen LogP contribution in [0.2, 0.25) is 0 Å². The molecule has 0 aliphatic rings. The summed E-state index contributed by atoms with van der Waals surface area (Å²) in [6.07, 6.45) is 2.34. The second-order valence-electron chi connectivity index (χ2n) is 4.95. The number of benzene rings is 1. The second-order valence-corrected chi connectivity index (χ2v) is 4.95. The first-order chi connectivity index (χ1) is 9.69. The lowest BCUT2D eigenvalue weighted by atomic mass is 10.0. The van der Waals surface area contributed by atoms with Gasteiger partial charge in [0.25, 0.3) is 0 Å². The van der Waals surface area contributed by atoms with Crippen molar-refractivity contribution in [1.29, 1.82) is 0 Å². The van der Waals surface area contributed by atoms with E-state index in [1.54, 1.807) is 0 Å². The van der Waals surface area contributed by atoms with Crippen molar-refractivity contribution in [2.24, 2.45) is 5.73 Å². The standard InChI is InChI=1S/C16H27NO3/c1-3-5-10-19-11-13(18)12-20-16-9-7-6-8-14(16)15(17)4-2/h6-9,13,15,18H,3-5,10-12,17H2,1-2H3/t13?,15-/m0/s1. The lowest BCUT2D eigenvalue weighted by Gasteiger charge is -2.17. The van der Waals surface area contributed by atoms with Crippen molar-refractivity contribution in [2.75, 3.05) is 19.8 Å². The average molecular weight is 281 g/mol. The number of hydrogen-bond donors (Lipinski definition) is 2. The van der Waals surface area contributed by atoms with E-state index in [9.17, 15) is 5.11 Å². The quantitative estimate of drug-likeness (QED) is 0.647. The van der Waals surface area contributed by atoms with Crippen molar-refractivity contribution in [3.05, 3.63) is 29.8 Å². The van der Waals surface area contributed by atoms with Gasteiger partial charge in [0.15, 0.2) is 0 Å². The largest absolute Gasteiger partial charge is 0.490 e. The fraction of sp³-hybridized carbons (Fsp3) is 0.625. The average Bonchev–Trinajstić information content (AvgIpc) is 2.49. The molecule has 0 amide bonds. The van der Waals surface area contributed by atoms with Gasteiger partial charge in [-0.1, -0.05) is 38.5 Å². The molecule has 1 unspecified atom stereocenters. The first kappa shape index (κ1) is 17.0. The molecule has 1 aromatic rings. The Morgan fingerprint density at radius 2 is 1.95 bits per heavy atom. The van der Waals surface area contributed by atoms with Gasteiger partial charge < -0.3 is 20.3 Å². The molecule has 2 atom stereocenters. The molecular weight excluding hydrogens is 254 g/mol. The molecule has 0 heterocycles. The molecule has 0 aliphatic carbocycles. The normalized spacial score (nSPS) is 14.0. The monoisotopic (exact) mass is 281 g/mol. The van der Waals surface area contributed by atoms with Crippen molar-refractivity contribution in [2.45, 2.75) is 45.3 Å². The van der Waals surface area contributed by atoms with Crippen molar-refractivity contribution in [3.8, 4) is 5.75 Å². The van der Waals surface area contributed by atoms with E-state index in [2.05, 4.69) is 6.92 Å². The van der Waals surface area contributed by atoms with Gasteiger partial charge in [-0.25, -0.2) is 0 Å². The molecule has 20 heavy (non-hydrogen) atoms. The van der Waals surface area contributed by atoms with Gasteiger partial charge in [-0.2, -0.15) is 0 Å². The lowest BCUT2D eigenvalue weighted by Crippen LogP contribution is -2.24. The fourth-order valence-corrected chi connectivity index (χ4v) is 1.84. The van der Waals surface area contributed by atoms with E-state index in [0.29, 0.717) is 13.2 Å². The number of aliphatic hydroxyl groups is 1. The summed E-state index contributed by atoms with van der Waals surface area (Å²) in [6.45, 7) is 5.36. The van der Waals surface area contributed by atoms with Crippen molar-refractivity contribution in [3.63, 3.8) is 0 Å². The number of aliphatic hydroxyl groups excluding tert-OH is 1. The fourth-order valence-electron chi connectivity index (χ4n) is 1.84. The Balaban J connectivity index is 2.41. The zero-order valence-electron chi connectivity index (χ0n) is 12.5. The molecular formula is C16H27NO3. The number of ether oxygens (including phenoxy) is 2. The second kappa shape index (κ2) is 9.75. The predicted molar refractivity (Wildman–Crippen MR) is 80.9 cm³/mol. The van der Waals surface area contributed by atoms with E-state index in [0.717, 1.165) is 30.6 Å². The van der Waals surface area contributed by atoms with Crippen LogP contribution in [-0.4, -0.2) is 31.0 Å². The van der Waals surface area contributed by atoms with E-state index >= 15 is 0 Å². The maximum absolute atomic E-state index is 9.82. The number of nitrogens with two attached hydrogens (primary N) is 1. The highest BCUT2D eigenvalue weighted by molar-refractivity contribution is 5.35. The molecule has 114 valence electrons. The van der Waals surface area contributed by atoms with E-state index < -0.39 is 6.10 Å². The zero-order chi connectivity index (χ0) is 14.8. The molecule has 3 N–H and O–H groups in total. The molecule has 0 radical (unpaired) electrons. The third kappa shape index (κ3) is 5.90. The first-order valence-electron chi connectivity index (χ1n) is 7.42. The minimum absolute atomic E-state index is 0.0378. The van der Waals surface area contributed by atoms with Crippen LogP contribution in [0.15, 0.2) is 24.3 Å². The lowest BCUT2D eigenvalue weighted by molar-refractivity contribution is 0.0111. The van der Waals surface area contributed by atoms with Crippen LogP contribution in [-0.2, 0) is 4.74 Å². The summed E-state index contributed by atoms with van der Waals surface area (Å²) < 4.78 is 11.0. The van der Waals surface area contributed by atoms with Crippen LogP contribution in [0.25, 0.3) is 0 Å². The summed E-state index contributed by atoms with van der Waals surface area (Å²) in [5, 5.41) is 9.82. The Kier molecular flexibility index (Phi) is 8.26. The van der Waals surface area contributed by atoms with Gasteiger partial charge in [0.2, 0.25) is 0 Å². The van der Waals surface area contributed by atoms with Crippen molar-refractivity contribution in [1.82, 2.24) is 0 Å². The van der Waals surface area contributed by atoms with Crippen LogP contribution in [0.1, 0.15) is 44.7 Å². The topological polar surface area (TPSA) is 64.7 Å². The maximum atomic E-state index is 9.82. The summed E-state index contributed by atoms with van der Waals surface area (Å²) in [5.74, 6) is 0.745. The summed E-state index contributed by atoms with van der Waals surface area (Å²) >= 11 is 0. The Morgan fingerprint density at radius 1 is 1.20 bits per heavy atom. The molecule has 4 nitrogen and oxygen atoms in total. The molecule has 0 fully saturated rings. The molecule has 4 heteroatoms. The SMILES string of the molecule is CCCCOCC(O)COc1ccccc1[C@@H](N)CC. The van der Waals surface area contributed by atoms with E-state index in [1.165, 1.54) is 0 Å². The number of hydrogen-bond acceptors (Lipinski definition) is 4. The number of unbranched alkanes of at least 4 members (excludes halogenated alkanes) is 1. The molecule has 0 aromatic heterocycles. The van der Waals surface area contributed by atoms with Crippen LogP contribution >= 0.6 is 0 Å². The third-order valence-electron chi connectivity index (χ3n) is 3.14. The Morgan fingerprint density at radius 3 is 2.65 bits per heavy atom. The first-order valence-corrected chi connectivity index (χ1v) is 7.42. The van der Waals surface area contributed by atoms with E-state index in [1.807, 2.05) is 31.2 Å². The Hall–Kier alpha value is -1.10. The van der Waals surface area contributed by atoms with Crippen LogP contribution in [0.4, 0.5) is 0 Å². The van der Waals surface area contributed by atoms with E-state index in [-0.39, 0.29) is 12.6 Å². The summed E-state index contributed by atoms with van der Waals surface area (Å²) in [7, 11) is 0. The Bertz CT molecular complexity index is 370. The highest BCUT2D eigenvalue weighted by Gasteiger charge is 2.12. The molecule has 1 rings (SSSR count). The summed E-state index contributed by atoms with van der Waals surface area (Å²) in [6, 6.07) is 7.67. The van der Waals surface area contributed by atoms with E-state index in [4.69, 9.17) is 15.2 Å². The summed E-state index contributed by atoms with van der Waals surface area (Å²) in [5.41, 5.74) is 7.03. The van der Waals surface area contributed by atoms with Gasteiger partial charge in [-0.3, -0.25) is 0 Å². The van der Waals surface area contributed by atoms with Crippen LogP contribution < -0.4 is 10.5 Å². The molecule has 0 saturated carbocycles. The number of rotatable bonds is 10. The van der Waals surface area contributed by atoms with Crippen LogP contribution in [0.5, 0.6) is 5.75 Å². The van der Waals surface area contributed by atoms with Gasteiger partial charge in [0.05, 0.1) is 6.61 Å². The smallest absolute Gasteiger partial charge is 0.124 e. The van der Waals surface area contributed by atoms with Crippen LogP contribution in [0, 0.1) is 0 Å². The van der Waals surface area contributed by atoms with Gasteiger partial charge in [-0.05, 0) is 18.9 Å². The number of para-hydroxylation sites is 1. The van der Waals surface area contributed by atoms with Gasteiger partial charge in [0, 0.05) is 18.2 Å².